The fraction of sp³-hybridized carbons (Fsp3) is 0.462. The van der Waals surface area contributed by atoms with Gasteiger partial charge in [0.2, 0.25) is 0 Å². The van der Waals surface area contributed by atoms with Gasteiger partial charge < -0.3 is 15.0 Å². The third-order valence-corrected chi connectivity index (χ3v) is 9.03. The van der Waals surface area contributed by atoms with Crippen LogP contribution in [0.25, 0.3) is 10.6 Å². The molecule has 1 atom stereocenters. The molecule has 33 heavy (non-hydrogen) atoms. The lowest BCUT2D eigenvalue weighted by atomic mass is 9.80. The molecular formula is C26H31N3O2S2. The number of ether oxygens (including phenoxy) is 1. The minimum absolute atomic E-state index is 0.0200. The molecule has 1 aliphatic carbocycles. The second-order valence-corrected chi connectivity index (χ2v) is 11.3. The molecular weight excluding hydrogens is 450 g/mol. The Hall–Kier alpha value is -2.22. The zero-order valence-corrected chi connectivity index (χ0v) is 21.1. The van der Waals surface area contributed by atoms with Crippen molar-refractivity contribution in [2.45, 2.75) is 51.1 Å². The van der Waals surface area contributed by atoms with E-state index >= 15 is 0 Å². The summed E-state index contributed by atoms with van der Waals surface area (Å²) in [5.41, 5.74) is 3.10. The summed E-state index contributed by atoms with van der Waals surface area (Å²) in [6.45, 7) is 2.68. The number of thiazole rings is 1. The van der Waals surface area contributed by atoms with Crippen molar-refractivity contribution in [3.05, 3.63) is 56.7 Å². The Bertz CT molecular complexity index is 1110. The van der Waals surface area contributed by atoms with Crippen LogP contribution in [0.3, 0.4) is 0 Å². The number of nitrogens with zero attached hydrogens (tertiary/aromatic N) is 2. The largest absolute Gasteiger partial charge is 0.493 e. The van der Waals surface area contributed by atoms with Crippen molar-refractivity contribution < 1.29 is 9.53 Å². The highest BCUT2D eigenvalue weighted by molar-refractivity contribution is 7.17. The lowest BCUT2D eigenvalue weighted by Crippen LogP contribution is -2.39. The zero-order valence-electron chi connectivity index (χ0n) is 19.5. The summed E-state index contributed by atoms with van der Waals surface area (Å²) in [5.74, 6) is 1.62. The van der Waals surface area contributed by atoms with Crippen LogP contribution in [0.1, 0.15) is 57.5 Å². The molecule has 1 amide bonds. The topological polar surface area (TPSA) is 54.5 Å². The molecule has 0 saturated heterocycles. The van der Waals surface area contributed by atoms with E-state index in [4.69, 9.17) is 9.72 Å². The summed E-state index contributed by atoms with van der Waals surface area (Å²) in [5, 5.41) is 6.38. The number of amides is 1. The quantitative estimate of drug-likeness (QED) is 0.490. The minimum Gasteiger partial charge on any atom is -0.493 e. The first-order valence-corrected chi connectivity index (χ1v) is 13.4. The Morgan fingerprint density at radius 2 is 2.03 bits per heavy atom. The van der Waals surface area contributed by atoms with Gasteiger partial charge in [-0.3, -0.25) is 4.79 Å². The number of aromatic nitrogens is 1. The van der Waals surface area contributed by atoms with E-state index < -0.39 is 0 Å². The van der Waals surface area contributed by atoms with Crippen molar-refractivity contribution in [1.82, 2.24) is 15.2 Å². The smallest absolute Gasteiger partial charge is 0.263 e. The Labute approximate surface area is 203 Å². The van der Waals surface area contributed by atoms with Crippen molar-refractivity contribution in [3.63, 3.8) is 0 Å². The molecule has 3 heterocycles. The first kappa shape index (κ1) is 22.6. The van der Waals surface area contributed by atoms with E-state index in [1.807, 2.05) is 30.4 Å². The normalized spacial score (nSPS) is 21.0. The average molecular weight is 482 g/mol. The first-order chi connectivity index (χ1) is 16.0. The Morgan fingerprint density at radius 3 is 2.76 bits per heavy atom. The standard InChI is InChI=1S/C26H31N3O2S2/c1-16-24(33-26(27-16)19-8-11-21-18(15-19)12-13-31-21)25(30)28-20-9-6-17(7-10-20)23(29(2)3)22-5-4-14-32-22/h4-5,8,11,14-15,17,20,23H,6-7,9-10,12-13H2,1-3H3,(H,28,30). The molecule has 5 rings (SSSR count). The van der Waals surface area contributed by atoms with Crippen LogP contribution in [-0.4, -0.2) is 42.5 Å². The van der Waals surface area contributed by atoms with Crippen molar-refractivity contribution in [2.24, 2.45) is 5.92 Å². The highest BCUT2D eigenvalue weighted by Crippen LogP contribution is 2.39. The Kier molecular flexibility index (Phi) is 6.54. The number of nitrogens with one attached hydrogen (secondary N) is 1. The molecule has 5 nitrogen and oxygen atoms in total. The van der Waals surface area contributed by atoms with Gasteiger partial charge in [0.05, 0.1) is 12.3 Å². The minimum atomic E-state index is 0.0200. The number of aryl methyl sites for hydroxylation is 1. The molecule has 0 bridgehead atoms. The van der Waals surface area contributed by atoms with Crippen LogP contribution in [0.2, 0.25) is 0 Å². The maximum absolute atomic E-state index is 13.1. The molecule has 3 aromatic rings. The molecule has 1 aliphatic heterocycles. The summed E-state index contributed by atoms with van der Waals surface area (Å²) < 4.78 is 5.61. The molecule has 1 unspecified atom stereocenters. The van der Waals surface area contributed by atoms with E-state index in [2.05, 4.69) is 47.9 Å². The lowest BCUT2D eigenvalue weighted by Gasteiger charge is -2.37. The van der Waals surface area contributed by atoms with Gasteiger partial charge in [-0.15, -0.1) is 22.7 Å². The van der Waals surface area contributed by atoms with Crippen LogP contribution < -0.4 is 10.1 Å². The number of carbonyl (C=O) groups excluding carboxylic acids is 1. The van der Waals surface area contributed by atoms with E-state index in [1.165, 1.54) is 21.8 Å². The van der Waals surface area contributed by atoms with Crippen LogP contribution in [-0.2, 0) is 6.42 Å². The van der Waals surface area contributed by atoms with Crippen molar-refractivity contribution in [2.75, 3.05) is 20.7 Å². The SMILES string of the molecule is Cc1nc(-c2ccc3c(c2)CCO3)sc1C(=O)NC1CCC(C(c2cccs2)N(C)C)CC1. The van der Waals surface area contributed by atoms with Crippen LogP contribution in [0, 0.1) is 12.8 Å². The highest BCUT2D eigenvalue weighted by atomic mass is 32.1. The monoisotopic (exact) mass is 481 g/mol. The summed E-state index contributed by atoms with van der Waals surface area (Å²) in [6.07, 6.45) is 5.26. The molecule has 1 N–H and O–H groups in total. The molecule has 0 spiro atoms. The molecule has 1 aromatic carbocycles. The summed E-state index contributed by atoms with van der Waals surface area (Å²) in [4.78, 5) is 22.3. The number of fused-ring (bicyclic) bond motifs is 1. The van der Waals surface area contributed by atoms with Crippen molar-refractivity contribution in [1.29, 1.82) is 0 Å². The molecule has 2 aliphatic rings. The second kappa shape index (κ2) is 9.57. The molecule has 1 saturated carbocycles. The van der Waals surface area contributed by atoms with Crippen molar-refractivity contribution >= 4 is 28.6 Å². The second-order valence-electron chi connectivity index (χ2n) is 9.36. The van der Waals surface area contributed by atoms with Gasteiger partial charge in [-0.25, -0.2) is 4.98 Å². The van der Waals surface area contributed by atoms with E-state index in [1.54, 1.807) is 0 Å². The fourth-order valence-electron chi connectivity index (χ4n) is 5.25. The van der Waals surface area contributed by atoms with Gasteiger partial charge in [-0.05, 0) is 87.8 Å². The van der Waals surface area contributed by atoms with Gasteiger partial charge in [-0.2, -0.15) is 0 Å². The Balaban J connectivity index is 1.22. The van der Waals surface area contributed by atoms with E-state index in [0.29, 0.717) is 12.0 Å². The number of rotatable bonds is 6. The molecule has 174 valence electrons. The van der Waals surface area contributed by atoms with Crippen LogP contribution in [0.5, 0.6) is 5.75 Å². The zero-order chi connectivity index (χ0) is 22.9. The summed E-state index contributed by atoms with van der Waals surface area (Å²) in [6, 6.07) is 11.3. The number of hydrogen-bond donors (Lipinski definition) is 1. The molecule has 7 heteroatoms. The fourth-order valence-corrected chi connectivity index (χ4v) is 7.23. The van der Waals surface area contributed by atoms with Crippen LogP contribution in [0.4, 0.5) is 0 Å². The van der Waals surface area contributed by atoms with Gasteiger partial charge in [0.1, 0.15) is 15.6 Å². The predicted molar refractivity (Wildman–Crippen MR) is 135 cm³/mol. The van der Waals surface area contributed by atoms with Gasteiger partial charge in [-0.1, -0.05) is 6.07 Å². The lowest BCUT2D eigenvalue weighted by molar-refractivity contribution is 0.0911. The number of carbonyl (C=O) groups is 1. The summed E-state index contributed by atoms with van der Waals surface area (Å²) >= 11 is 3.34. The average Bonchev–Trinajstić information content (AvgIpc) is 3.55. The third kappa shape index (κ3) is 4.72. The molecule has 1 fully saturated rings. The maximum Gasteiger partial charge on any atom is 0.263 e. The van der Waals surface area contributed by atoms with Gasteiger partial charge in [0.25, 0.3) is 5.91 Å². The maximum atomic E-state index is 13.1. The number of thiophene rings is 1. The number of hydrogen-bond acceptors (Lipinski definition) is 6. The van der Waals surface area contributed by atoms with E-state index in [-0.39, 0.29) is 11.9 Å². The third-order valence-electron chi connectivity index (χ3n) is 6.88. The van der Waals surface area contributed by atoms with Crippen LogP contribution >= 0.6 is 22.7 Å². The van der Waals surface area contributed by atoms with Gasteiger partial charge in [0.15, 0.2) is 0 Å². The predicted octanol–water partition coefficient (Wildman–Crippen LogP) is 5.71. The van der Waals surface area contributed by atoms with E-state index in [9.17, 15) is 4.79 Å². The number of benzene rings is 1. The highest BCUT2D eigenvalue weighted by Gasteiger charge is 2.31. The van der Waals surface area contributed by atoms with Gasteiger partial charge >= 0.3 is 0 Å². The van der Waals surface area contributed by atoms with Crippen molar-refractivity contribution in [3.8, 4) is 16.3 Å². The first-order valence-electron chi connectivity index (χ1n) is 11.7. The van der Waals surface area contributed by atoms with Crippen LogP contribution in [0.15, 0.2) is 35.7 Å². The Morgan fingerprint density at radius 1 is 1.21 bits per heavy atom. The summed E-state index contributed by atoms with van der Waals surface area (Å²) in [7, 11) is 4.35. The molecule has 0 radical (unpaired) electrons. The molecule has 2 aromatic heterocycles. The van der Waals surface area contributed by atoms with E-state index in [0.717, 1.165) is 65.6 Å². The van der Waals surface area contributed by atoms with Gasteiger partial charge in [0, 0.05) is 28.9 Å².